The fourth-order valence-corrected chi connectivity index (χ4v) is 2.67. The van der Waals surface area contributed by atoms with Gasteiger partial charge in [-0.1, -0.05) is 13.3 Å². The first kappa shape index (κ1) is 14.0. The van der Waals surface area contributed by atoms with E-state index in [1.165, 1.54) is 51.7 Å². The Morgan fingerprint density at radius 3 is 2.00 bits per heavy atom. The van der Waals surface area contributed by atoms with E-state index >= 15 is 0 Å². The number of rotatable bonds is 0. The van der Waals surface area contributed by atoms with Crippen LogP contribution in [0.2, 0.25) is 0 Å². The summed E-state index contributed by atoms with van der Waals surface area (Å²) in [7, 11) is 4.42. The van der Waals surface area contributed by atoms with E-state index in [4.69, 9.17) is 0 Å². The second-order valence-corrected chi connectivity index (χ2v) is 5.84. The summed E-state index contributed by atoms with van der Waals surface area (Å²) >= 11 is 0. The van der Waals surface area contributed by atoms with Gasteiger partial charge in [-0.15, -0.1) is 0 Å². The average Bonchev–Trinajstić information content (AvgIpc) is 2.23. The van der Waals surface area contributed by atoms with Crippen LogP contribution in [-0.4, -0.2) is 49.6 Å². The minimum absolute atomic E-state index is 0.837. The molecule has 0 aromatic heterocycles. The van der Waals surface area contributed by atoms with Crippen LogP contribution in [0.4, 0.5) is 0 Å². The standard InChI is InChI=1S/2C7H15N/c1-7-4-3-5-8(2)6-7;1-7-5-3-4-6-8(7)2/h2*7H,3-6H2,1-2H3. The van der Waals surface area contributed by atoms with Crippen LogP contribution in [0.1, 0.15) is 46.0 Å². The van der Waals surface area contributed by atoms with E-state index in [2.05, 4.69) is 37.7 Å². The van der Waals surface area contributed by atoms with Gasteiger partial charge < -0.3 is 9.80 Å². The van der Waals surface area contributed by atoms with Gasteiger partial charge in [0, 0.05) is 12.6 Å². The third kappa shape index (κ3) is 5.31. The Balaban J connectivity index is 0.000000160. The second kappa shape index (κ2) is 7.29. The lowest BCUT2D eigenvalue weighted by Crippen LogP contribution is -2.33. The van der Waals surface area contributed by atoms with Crippen molar-refractivity contribution in [2.75, 3.05) is 33.7 Å². The van der Waals surface area contributed by atoms with Gasteiger partial charge in [0.2, 0.25) is 0 Å². The van der Waals surface area contributed by atoms with Crippen molar-refractivity contribution in [2.24, 2.45) is 5.92 Å². The first-order chi connectivity index (χ1) is 7.59. The van der Waals surface area contributed by atoms with E-state index < -0.39 is 0 Å². The Kier molecular flexibility index (Phi) is 6.37. The predicted octanol–water partition coefficient (Wildman–Crippen LogP) is 2.84. The van der Waals surface area contributed by atoms with Crippen molar-refractivity contribution >= 4 is 0 Å². The van der Waals surface area contributed by atoms with Crippen LogP contribution in [0, 0.1) is 5.92 Å². The van der Waals surface area contributed by atoms with Gasteiger partial charge >= 0.3 is 0 Å². The molecule has 0 N–H and O–H groups in total. The maximum atomic E-state index is 2.43. The van der Waals surface area contributed by atoms with Crippen LogP contribution in [0.3, 0.4) is 0 Å². The molecular weight excluding hydrogens is 196 g/mol. The molecule has 2 heterocycles. The monoisotopic (exact) mass is 226 g/mol. The first-order valence-electron chi connectivity index (χ1n) is 6.98. The van der Waals surface area contributed by atoms with Gasteiger partial charge in [0.1, 0.15) is 0 Å². The van der Waals surface area contributed by atoms with Crippen LogP contribution in [0.5, 0.6) is 0 Å². The molecule has 2 fully saturated rings. The van der Waals surface area contributed by atoms with E-state index in [0.29, 0.717) is 0 Å². The zero-order valence-electron chi connectivity index (χ0n) is 11.7. The SMILES string of the molecule is CC1CCCCN1C.CC1CCCN(C)C1. The number of nitrogens with zero attached hydrogens (tertiary/aromatic N) is 2. The number of likely N-dealkylation sites (tertiary alicyclic amines) is 2. The zero-order valence-corrected chi connectivity index (χ0v) is 11.7. The minimum Gasteiger partial charge on any atom is -0.306 e. The Morgan fingerprint density at radius 1 is 0.875 bits per heavy atom. The lowest BCUT2D eigenvalue weighted by atomic mass is 10.0. The Hall–Kier alpha value is -0.0800. The summed E-state index contributed by atoms with van der Waals surface area (Å²) in [5.74, 6) is 0.939. The smallest absolute Gasteiger partial charge is 0.00638 e. The van der Waals surface area contributed by atoms with Gasteiger partial charge in [-0.05, 0) is 65.7 Å². The molecule has 2 atom stereocenters. The van der Waals surface area contributed by atoms with E-state index in [0.717, 1.165) is 12.0 Å². The number of hydrogen-bond acceptors (Lipinski definition) is 2. The highest BCUT2D eigenvalue weighted by atomic mass is 15.1. The maximum Gasteiger partial charge on any atom is 0.00638 e. The lowest BCUT2D eigenvalue weighted by Gasteiger charge is -2.29. The van der Waals surface area contributed by atoms with Gasteiger partial charge in [0.15, 0.2) is 0 Å². The molecule has 0 amide bonds. The van der Waals surface area contributed by atoms with Crippen LogP contribution in [0.25, 0.3) is 0 Å². The largest absolute Gasteiger partial charge is 0.306 e. The van der Waals surface area contributed by atoms with E-state index in [1.807, 2.05) is 0 Å². The number of piperidine rings is 2. The van der Waals surface area contributed by atoms with Crippen LogP contribution < -0.4 is 0 Å². The lowest BCUT2D eigenvalue weighted by molar-refractivity contribution is 0.200. The van der Waals surface area contributed by atoms with Crippen molar-refractivity contribution in [2.45, 2.75) is 52.0 Å². The van der Waals surface area contributed by atoms with Crippen LogP contribution >= 0.6 is 0 Å². The van der Waals surface area contributed by atoms with Crippen molar-refractivity contribution in [3.8, 4) is 0 Å². The Bertz CT molecular complexity index is 164. The highest BCUT2D eigenvalue weighted by Gasteiger charge is 2.12. The van der Waals surface area contributed by atoms with Gasteiger partial charge in [0.25, 0.3) is 0 Å². The molecule has 0 spiro atoms. The summed E-state index contributed by atoms with van der Waals surface area (Å²) in [4.78, 5) is 4.84. The molecule has 0 radical (unpaired) electrons. The number of hydrogen-bond donors (Lipinski definition) is 0. The maximum absolute atomic E-state index is 2.43. The molecule has 2 aliphatic rings. The molecular formula is C14H30N2. The van der Waals surface area contributed by atoms with E-state index in [1.54, 1.807) is 0 Å². The fraction of sp³-hybridized carbons (Fsp3) is 1.00. The normalized spacial score (nSPS) is 33.0. The Morgan fingerprint density at radius 2 is 1.62 bits per heavy atom. The second-order valence-electron chi connectivity index (χ2n) is 5.84. The van der Waals surface area contributed by atoms with Crippen molar-refractivity contribution in [3.63, 3.8) is 0 Å². The van der Waals surface area contributed by atoms with Gasteiger partial charge in [-0.25, -0.2) is 0 Å². The van der Waals surface area contributed by atoms with E-state index in [-0.39, 0.29) is 0 Å². The molecule has 2 unspecified atom stereocenters. The predicted molar refractivity (Wildman–Crippen MR) is 71.8 cm³/mol. The van der Waals surface area contributed by atoms with Gasteiger partial charge in [0.05, 0.1) is 0 Å². The molecule has 0 aliphatic carbocycles. The van der Waals surface area contributed by atoms with Crippen molar-refractivity contribution < 1.29 is 0 Å². The summed E-state index contributed by atoms with van der Waals surface area (Å²) in [5, 5.41) is 0. The summed E-state index contributed by atoms with van der Waals surface area (Å²) in [5.41, 5.74) is 0. The molecule has 2 rings (SSSR count). The van der Waals surface area contributed by atoms with Gasteiger partial charge in [-0.2, -0.15) is 0 Å². The molecule has 0 bridgehead atoms. The third-order valence-corrected chi connectivity index (χ3v) is 4.00. The molecule has 2 heteroatoms. The molecule has 2 aliphatic heterocycles. The Labute approximate surface area is 102 Å². The summed E-state index contributed by atoms with van der Waals surface area (Å²) in [6.07, 6.45) is 7.07. The molecule has 0 saturated carbocycles. The van der Waals surface area contributed by atoms with Gasteiger partial charge in [-0.3, -0.25) is 0 Å². The molecule has 2 nitrogen and oxygen atoms in total. The first-order valence-corrected chi connectivity index (χ1v) is 6.98. The summed E-state index contributed by atoms with van der Waals surface area (Å²) in [6.45, 7) is 8.56. The fourth-order valence-electron chi connectivity index (χ4n) is 2.67. The summed E-state index contributed by atoms with van der Waals surface area (Å²) in [6, 6.07) is 0.837. The van der Waals surface area contributed by atoms with Crippen molar-refractivity contribution in [1.82, 2.24) is 9.80 Å². The quantitative estimate of drug-likeness (QED) is 0.627. The van der Waals surface area contributed by atoms with Crippen molar-refractivity contribution in [1.29, 1.82) is 0 Å². The van der Waals surface area contributed by atoms with Crippen LogP contribution in [0.15, 0.2) is 0 Å². The highest BCUT2D eigenvalue weighted by molar-refractivity contribution is 4.68. The zero-order chi connectivity index (χ0) is 12.0. The van der Waals surface area contributed by atoms with E-state index in [9.17, 15) is 0 Å². The molecule has 2 saturated heterocycles. The third-order valence-electron chi connectivity index (χ3n) is 4.00. The topological polar surface area (TPSA) is 6.48 Å². The van der Waals surface area contributed by atoms with Crippen molar-refractivity contribution in [3.05, 3.63) is 0 Å². The van der Waals surface area contributed by atoms with Crippen LogP contribution in [-0.2, 0) is 0 Å². The average molecular weight is 226 g/mol. The minimum atomic E-state index is 0.837. The molecule has 96 valence electrons. The molecule has 0 aromatic carbocycles. The highest BCUT2D eigenvalue weighted by Crippen LogP contribution is 2.13. The molecule has 0 aromatic rings. The summed E-state index contributed by atoms with van der Waals surface area (Å²) < 4.78 is 0. The molecule has 16 heavy (non-hydrogen) atoms.